The molecular formula is C24H22FN3O2S2. The number of thioether (sulfide) groups is 1. The molecule has 0 saturated heterocycles. The van der Waals surface area contributed by atoms with E-state index in [4.69, 9.17) is 0 Å². The Morgan fingerprint density at radius 3 is 2.72 bits per heavy atom. The Kier molecular flexibility index (Phi) is 6.72. The van der Waals surface area contributed by atoms with Crippen LogP contribution in [0.5, 0.6) is 0 Å². The number of benzene rings is 2. The van der Waals surface area contributed by atoms with Crippen LogP contribution >= 0.6 is 23.1 Å². The molecule has 2 aromatic carbocycles. The Bertz CT molecular complexity index is 1310. The topological polar surface area (TPSA) is 64.0 Å². The number of thiophene rings is 1. The van der Waals surface area contributed by atoms with Crippen molar-refractivity contribution in [2.24, 2.45) is 0 Å². The van der Waals surface area contributed by atoms with Gasteiger partial charge in [0.2, 0.25) is 5.91 Å². The molecule has 0 unspecified atom stereocenters. The van der Waals surface area contributed by atoms with Crippen LogP contribution < -0.4 is 10.9 Å². The molecule has 1 amide bonds. The Labute approximate surface area is 193 Å². The quantitative estimate of drug-likeness (QED) is 0.288. The third-order valence-corrected chi connectivity index (χ3v) is 6.82. The normalized spacial score (nSPS) is 11.2. The third-order valence-electron chi connectivity index (χ3n) is 4.95. The number of nitrogens with one attached hydrogen (secondary N) is 1. The molecule has 4 rings (SSSR count). The highest BCUT2D eigenvalue weighted by atomic mass is 32.2. The Balaban J connectivity index is 1.55. The smallest absolute Gasteiger partial charge is 0.272 e. The molecule has 164 valence electrons. The summed E-state index contributed by atoms with van der Waals surface area (Å²) in [4.78, 5) is 30.3. The van der Waals surface area contributed by atoms with Gasteiger partial charge in [-0.05, 0) is 52.8 Å². The Morgan fingerprint density at radius 2 is 1.97 bits per heavy atom. The molecule has 0 aliphatic heterocycles. The second-order valence-electron chi connectivity index (χ2n) is 7.66. The van der Waals surface area contributed by atoms with Crippen molar-refractivity contribution in [3.05, 3.63) is 87.3 Å². The summed E-state index contributed by atoms with van der Waals surface area (Å²) in [6, 6.07) is 15.6. The molecule has 0 saturated carbocycles. The number of amides is 1. The first-order valence-corrected chi connectivity index (χ1v) is 12.0. The van der Waals surface area contributed by atoms with Crippen LogP contribution in [0.25, 0.3) is 10.2 Å². The summed E-state index contributed by atoms with van der Waals surface area (Å²) in [5.41, 5.74) is 3.12. The van der Waals surface area contributed by atoms with E-state index in [1.807, 2.05) is 29.6 Å². The molecule has 0 fully saturated rings. The zero-order valence-corrected chi connectivity index (χ0v) is 19.3. The van der Waals surface area contributed by atoms with Crippen LogP contribution in [0.2, 0.25) is 0 Å². The molecule has 2 aromatic heterocycles. The minimum Gasteiger partial charge on any atom is -0.325 e. The largest absolute Gasteiger partial charge is 0.325 e. The van der Waals surface area contributed by atoms with Gasteiger partial charge in [0.1, 0.15) is 10.5 Å². The summed E-state index contributed by atoms with van der Waals surface area (Å²) in [6.07, 6.45) is 0. The average Bonchev–Trinajstić information content (AvgIpc) is 3.25. The summed E-state index contributed by atoms with van der Waals surface area (Å²) in [6.45, 7) is 4.45. The molecule has 0 aliphatic carbocycles. The van der Waals surface area contributed by atoms with E-state index in [1.54, 1.807) is 22.8 Å². The van der Waals surface area contributed by atoms with Crippen LogP contribution in [0, 0.1) is 5.82 Å². The Morgan fingerprint density at radius 1 is 1.19 bits per heavy atom. The van der Waals surface area contributed by atoms with Crippen LogP contribution in [0.4, 0.5) is 10.1 Å². The average molecular weight is 468 g/mol. The summed E-state index contributed by atoms with van der Waals surface area (Å²) in [5, 5.41) is 5.19. The van der Waals surface area contributed by atoms with Crippen molar-refractivity contribution in [1.29, 1.82) is 0 Å². The van der Waals surface area contributed by atoms with E-state index in [-0.39, 0.29) is 29.6 Å². The van der Waals surface area contributed by atoms with E-state index in [0.717, 1.165) is 16.8 Å². The van der Waals surface area contributed by atoms with Crippen LogP contribution in [0.1, 0.15) is 30.9 Å². The van der Waals surface area contributed by atoms with E-state index >= 15 is 0 Å². The highest BCUT2D eigenvalue weighted by molar-refractivity contribution is 7.99. The molecule has 0 radical (unpaired) electrons. The first-order valence-electron chi connectivity index (χ1n) is 10.2. The molecule has 0 spiro atoms. The zero-order valence-electron chi connectivity index (χ0n) is 17.7. The number of rotatable bonds is 7. The van der Waals surface area contributed by atoms with Gasteiger partial charge in [0.15, 0.2) is 5.16 Å². The number of hydrogen-bond donors (Lipinski definition) is 1. The number of fused-ring (bicyclic) bond motifs is 1. The van der Waals surface area contributed by atoms with Gasteiger partial charge in [-0.15, -0.1) is 11.3 Å². The lowest BCUT2D eigenvalue weighted by molar-refractivity contribution is -0.113. The second kappa shape index (κ2) is 9.67. The molecule has 8 heteroatoms. The molecular weight excluding hydrogens is 445 g/mol. The minimum atomic E-state index is -0.333. The predicted octanol–water partition coefficient (Wildman–Crippen LogP) is 5.50. The fourth-order valence-corrected chi connectivity index (χ4v) is 4.83. The highest BCUT2D eigenvalue weighted by Crippen LogP contribution is 2.23. The van der Waals surface area contributed by atoms with Crippen molar-refractivity contribution in [3.63, 3.8) is 0 Å². The second-order valence-corrected chi connectivity index (χ2v) is 9.52. The summed E-state index contributed by atoms with van der Waals surface area (Å²) < 4.78 is 15.4. The molecule has 4 aromatic rings. The van der Waals surface area contributed by atoms with Gasteiger partial charge in [-0.3, -0.25) is 14.2 Å². The van der Waals surface area contributed by atoms with Gasteiger partial charge in [-0.25, -0.2) is 9.37 Å². The lowest BCUT2D eigenvalue weighted by Crippen LogP contribution is -2.24. The Hall–Kier alpha value is -2.97. The summed E-state index contributed by atoms with van der Waals surface area (Å²) >= 11 is 2.55. The fraction of sp³-hybridized carbons (Fsp3) is 0.208. The molecule has 0 aliphatic rings. The van der Waals surface area contributed by atoms with Crippen LogP contribution in [-0.4, -0.2) is 21.2 Å². The summed E-state index contributed by atoms with van der Waals surface area (Å²) in [7, 11) is 0. The van der Waals surface area contributed by atoms with Crippen molar-refractivity contribution in [3.8, 4) is 0 Å². The number of aromatic nitrogens is 2. The van der Waals surface area contributed by atoms with Gasteiger partial charge in [-0.1, -0.05) is 49.9 Å². The van der Waals surface area contributed by atoms with Gasteiger partial charge in [0, 0.05) is 5.69 Å². The zero-order chi connectivity index (χ0) is 22.7. The van der Waals surface area contributed by atoms with Crippen molar-refractivity contribution < 1.29 is 9.18 Å². The monoisotopic (exact) mass is 467 g/mol. The molecule has 0 atom stereocenters. The molecule has 2 heterocycles. The van der Waals surface area contributed by atoms with Crippen LogP contribution in [0.15, 0.2) is 69.9 Å². The van der Waals surface area contributed by atoms with E-state index in [0.29, 0.717) is 21.3 Å². The first-order chi connectivity index (χ1) is 15.4. The fourth-order valence-electron chi connectivity index (χ4n) is 3.25. The van der Waals surface area contributed by atoms with E-state index in [2.05, 4.69) is 24.1 Å². The standard InChI is InChI=1S/C24H22FN3O2S2/c1-15(2)17-4-3-5-19(12-17)26-21(29)14-32-24-27-20-10-11-31-22(20)23(30)28(24)13-16-6-8-18(25)9-7-16/h3-12,15H,13-14H2,1-2H3,(H,26,29). The molecule has 5 nitrogen and oxygen atoms in total. The number of anilines is 1. The van der Waals surface area contributed by atoms with Crippen molar-refractivity contribution in [1.82, 2.24) is 9.55 Å². The van der Waals surface area contributed by atoms with Crippen molar-refractivity contribution in [2.75, 3.05) is 11.1 Å². The van der Waals surface area contributed by atoms with Crippen molar-refractivity contribution >= 4 is 44.9 Å². The number of nitrogens with zero attached hydrogens (tertiary/aromatic N) is 2. The predicted molar refractivity (Wildman–Crippen MR) is 129 cm³/mol. The number of carbonyl (C=O) groups is 1. The lowest BCUT2D eigenvalue weighted by atomic mass is 10.0. The van der Waals surface area contributed by atoms with E-state index in [9.17, 15) is 14.0 Å². The van der Waals surface area contributed by atoms with Crippen LogP contribution in [-0.2, 0) is 11.3 Å². The van der Waals surface area contributed by atoms with Crippen LogP contribution in [0.3, 0.4) is 0 Å². The molecule has 0 bridgehead atoms. The van der Waals surface area contributed by atoms with Gasteiger partial charge < -0.3 is 5.32 Å². The van der Waals surface area contributed by atoms with Crippen molar-refractivity contribution in [2.45, 2.75) is 31.5 Å². The number of hydrogen-bond acceptors (Lipinski definition) is 5. The van der Waals surface area contributed by atoms with Gasteiger partial charge >= 0.3 is 0 Å². The summed E-state index contributed by atoms with van der Waals surface area (Å²) in [5.74, 6) is -0.0366. The third kappa shape index (κ3) is 5.08. The van der Waals surface area contributed by atoms with Gasteiger partial charge in [-0.2, -0.15) is 0 Å². The SMILES string of the molecule is CC(C)c1cccc(NC(=O)CSc2nc3ccsc3c(=O)n2Cc2ccc(F)cc2)c1. The maximum Gasteiger partial charge on any atom is 0.272 e. The number of halogens is 1. The van der Waals surface area contributed by atoms with Gasteiger partial charge in [0.05, 0.1) is 17.8 Å². The first kappa shape index (κ1) is 22.2. The van der Waals surface area contributed by atoms with Gasteiger partial charge in [0.25, 0.3) is 5.56 Å². The van der Waals surface area contributed by atoms with E-state index < -0.39 is 0 Å². The lowest BCUT2D eigenvalue weighted by Gasteiger charge is -2.13. The maximum atomic E-state index is 13.3. The van der Waals surface area contributed by atoms with E-state index in [1.165, 1.54) is 35.2 Å². The molecule has 32 heavy (non-hydrogen) atoms. The number of carbonyl (C=O) groups excluding carboxylic acids is 1. The highest BCUT2D eigenvalue weighted by Gasteiger charge is 2.15. The molecule has 1 N–H and O–H groups in total. The maximum absolute atomic E-state index is 13.3. The minimum absolute atomic E-state index is 0.109.